The largest absolute Gasteiger partial charge is 0.421 e. The Morgan fingerprint density at radius 2 is 1.76 bits per heavy atom. The number of benzene rings is 2. The topological polar surface area (TPSA) is 223 Å². The zero-order valence-electron chi connectivity index (χ0n) is 27.0. The summed E-state index contributed by atoms with van der Waals surface area (Å²) in [5.74, 6) is -3.12. The Hall–Kier alpha value is -6.23. The van der Waals surface area contributed by atoms with Crippen LogP contribution >= 0.6 is 0 Å². The summed E-state index contributed by atoms with van der Waals surface area (Å²) in [6.07, 6.45) is 8.87. The van der Waals surface area contributed by atoms with Crippen LogP contribution in [0.2, 0.25) is 0 Å². The maximum absolute atomic E-state index is 15.3. The molecule has 0 aliphatic rings. The Bertz CT molecular complexity index is 1990. The Morgan fingerprint density at radius 1 is 0.980 bits per heavy atom. The molecule has 0 saturated heterocycles. The summed E-state index contributed by atoms with van der Waals surface area (Å²) in [4.78, 5) is 41.8. The van der Waals surface area contributed by atoms with Crippen LogP contribution in [-0.2, 0) is 11.2 Å². The molecule has 0 bridgehead atoms. The molecular formula is C33H36F2N12O3. The van der Waals surface area contributed by atoms with Crippen molar-refractivity contribution in [1.82, 2.24) is 40.3 Å². The standard InChI is InChI=1S/C33H36F2N12O3/c1-2-19-17-20(6-7-21(19)30(48)40-13-14-41-31(49)23(36)5-3-10-42-32(37)38)46-28-29-45-18-24(47(29)16-15-39-28)22-8-9-25(27(35)26(22)34)50-33-43-11-4-12-44-33/h4,6-9,11-12,15-18,23H,2-3,5,10,13-14,36H2,1H3,(H,39,46)(H,40,48)(H,41,49)(H4,37,38,42). The number of aromatic nitrogens is 5. The fraction of sp³-hybridized carbons (Fsp3) is 0.242. The van der Waals surface area contributed by atoms with Gasteiger partial charge >= 0.3 is 6.01 Å². The molecule has 17 heteroatoms. The highest BCUT2D eigenvalue weighted by molar-refractivity contribution is 5.96. The smallest absolute Gasteiger partial charge is 0.321 e. The number of nitrogens with one attached hydrogen (secondary N) is 5. The highest BCUT2D eigenvalue weighted by Crippen LogP contribution is 2.33. The first kappa shape index (κ1) is 35.1. The molecule has 1 atom stereocenters. The minimum atomic E-state index is -1.20. The lowest BCUT2D eigenvalue weighted by molar-refractivity contribution is -0.122. The van der Waals surface area contributed by atoms with Crippen LogP contribution in [0.1, 0.15) is 35.7 Å². The number of ether oxygens (including phenoxy) is 1. The second kappa shape index (κ2) is 16.2. The summed E-state index contributed by atoms with van der Waals surface area (Å²) < 4.78 is 37.2. The van der Waals surface area contributed by atoms with Gasteiger partial charge in [0.25, 0.3) is 5.91 Å². The van der Waals surface area contributed by atoms with Crippen molar-refractivity contribution in [3.63, 3.8) is 0 Å². The van der Waals surface area contributed by atoms with E-state index in [0.717, 1.165) is 5.56 Å². The van der Waals surface area contributed by atoms with Crippen molar-refractivity contribution < 1.29 is 23.1 Å². The number of halogens is 2. The quantitative estimate of drug-likeness (QED) is 0.0482. The molecule has 1 unspecified atom stereocenters. The van der Waals surface area contributed by atoms with E-state index in [0.29, 0.717) is 48.5 Å². The number of carbonyl (C=O) groups is 2. The molecular weight excluding hydrogens is 650 g/mol. The average molecular weight is 687 g/mol. The fourth-order valence-electron chi connectivity index (χ4n) is 5.04. The van der Waals surface area contributed by atoms with Crippen LogP contribution in [0.25, 0.3) is 16.9 Å². The number of hydrogen-bond donors (Lipinski definition) is 7. The lowest BCUT2D eigenvalue weighted by Gasteiger charge is -2.14. The summed E-state index contributed by atoms with van der Waals surface area (Å²) in [6, 6.07) is 8.62. The van der Waals surface area contributed by atoms with Gasteiger partial charge in [-0.05, 0) is 61.2 Å². The number of guanidine groups is 1. The predicted molar refractivity (Wildman–Crippen MR) is 182 cm³/mol. The molecule has 50 heavy (non-hydrogen) atoms. The summed E-state index contributed by atoms with van der Waals surface area (Å²) >= 11 is 0. The van der Waals surface area contributed by atoms with Crippen molar-refractivity contribution in [1.29, 1.82) is 5.41 Å². The molecule has 2 amide bonds. The van der Waals surface area contributed by atoms with E-state index in [4.69, 9.17) is 21.6 Å². The number of rotatable bonds is 15. The Morgan fingerprint density at radius 3 is 2.52 bits per heavy atom. The van der Waals surface area contributed by atoms with Gasteiger partial charge in [0.2, 0.25) is 11.7 Å². The van der Waals surface area contributed by atoms with E-state index >= 15 is 8.78 Å². The van der Waals surface area contributed by atoms with Crippen molar-refractivity contribution in [2.45, 2.75) is 32.2 Å². The van der Waals surface area contributed by atoms with Crippen LogP contribution < -0.4 is 37.5 Å². The molecule has 0 saturated carbocycles. The van der Waals surface area contributed by atoms with Crippen LogP contribution in [0.4, 0.5) is 20.3 Å². The van der Waals surface area contributed by atoms with Crippen molar-refractivity contribution >= 4 is 34.9 Å². The molecule has 5 aromatic rings. The van der Waals surface area contributed by atoms with Gasteiger partial charge in [-0.2, -0.15) is 4.39 Å². The highest BCUT2D eigenvalue weighted by Gasteiger charge is 2.21. The van der Waals surface area contributed by atoms with Crippen LogP contribution in [-0.4, -0.2) is 67.8 Å². The fourth-order valence-corrected chi connectivity index (χ4v) is 5.04. The lowest BCUT2D eigenvalue weighted by atomic mass is 10.0. The molecule has 9 N–H and O–H groups in total. The Kier molecular flexibility index (Phi) is 11.4. The van der Waals surface area contributed by atoms with E-state index in [1.807, 2.05) is 13.0 Å². The molecule has 0 spiro atoms. The van der Waals surface area contributed by atoms with Crippen molar-refractivity contribution in [3.8, 4) is 23.0 Å². The second-order valence-electron chi connectivity index (χ2n) is 11.0. The van der Waals surface area contributed by atoms with Gasteiger partial charge in [0, 0.05) is 61.2 Å². The number of hydrogen-bond acceptors (Lipinski definition) is 10. The van der Waals surface area contributed by atoms with E-state index in [1.54, 1.807) is 28.8 Å². The predicted octanol–water partition coefficient (Wildman–Crippen LogP) is 3.00. The van der Waals surface area contributed by atoms with E-state index < -0.39 is 17.7 Å². The zero-order chi connectivity index (χ0) is 35.6. The monoisotopic (exact) mass is 686 g/mol. The minimum Gasteiger partial charge on any atom is -0.421 e. The molecule has 2 aromatic carbocycles. The van der Waals surface area contributed by atoms with Gasteiger partial charge in [-0.1, -0.05) is 6.92 Å². The van der Waals surface area contributed by atoms with Crippen molar-refractivity contribution in [2.24, 2.45) is 11.5 Å². The normalized spacial score (nSPS) is 11.5. The number of anilines is 2. The van der Waals surface area contributed by atoms with Gasteiger partial charge in [-0.15, -0.1) is 0 Å². The minimum absolute atomic E-state index is 0.0433. The van der Waals surface area contributed by atoms with E-state index in [1.165, 1.54) is 36.9 Å². The maximum atomic E-state index is 15.3. The van der Waals surface area contributed by atoms with Gasteiger partial charge in [0.1, 0.15) is 0 Å². The van der Waals surface area contributed by atoms with Gasteiger partial charge < -0.3 is 37.5 Å². The summed E-state index contributed by atoms with van der Waals surface area (Å²) in [6.45, 7) is 2.76. The molecule has 5 rings (SSSR count). The maximum Gasteiger partial charge on any atom is 0.321 e. The van der Waals surface area contributed by atoms with Gasteiger partial charge in [-0.3, -0.25) is 19.4 Å². The average Bonchev–Trinajstić information content (AvgIpc) is 3.55. The highest BCUT2D eigenvalue weighted by atomic mass is 19.2. The number of amides is 2. The number of nitrogens with zero attached hydrogens (tertiary/aromatic N) is 5. The molecule has 260 valence electrons. The summed E-state index contributed by atoms with van der Waals surface area (Å²) in [7, 11) is 0. The molecule has 0 aliphatic carbocycles. The summed E-state index contributed by atoms with van der Waals surface area (Å²) in [5, 5.41) is 18.5. The first-order chi connectivity index (χ1) is 24.2. The molecule has 0 radical (unpaired) electrons. The molecule has 3 heterocycles. The van der Waals surface area contributed by atoms with Crippen LogP contribution in [0.3, 0.4) is 0 Å². The number of fused-ring (bicyclic) bond motifs is 1. The van der Waals surface area contributed by atoms with Crippen LogP contribution in [0.5, 0.6) is 11.8 Å². The molecule has 15 nitrogen and oxygen atoms in total. The van der Waals surface area contributed by atoms with Gasteiger partial charge in [0.05, 0.1) is 17.9 Å². The first-order valence-corrected chi connectivity index (χ1v) is 15.7. The van der Waals surface area contributed by atoms with Crippen molar-refractivity contribution in [3.05, 3.63) is 90.1 Å². The number of nitrogens with two attached hydrogens (primary N) is 2. The van der Waals surface area contributed by atoms with Crippen LogP contribution in [0, 0.1) is 17.0 Å². The first-order valence-electron chi connectivity index (χ1n) is 15.7. The zero-order valence-corrected chi connectivity index (χ0v) is 27.0. The van der Waals surface area contributed by atoms with Crippen LogP contribution in [0.15, 0.2) is 67.4 Å². The molecule has 0 aliphatic heterocycles. The molecule has 0 fully saturated rings. The molecule has 3 aromatic heterocycles. The summed E-state index contributed by atoms with van der Waals surface area (Å²) in [5.41, 5.74) is 13.6. The Labute approximate surface area is 285 Å². The second-order valence-corrected chi connectivity index (χ2v) is 11.0. The number of carbonyl (C=O) groups excluding carboxylic acids is 2. The van der Waals surface area contributed by atoms with Gasteiger partial charge in [-0.25, -0.2) is 24.3 Å². The number of aryl methyl sites for hydroxylation is 1. The number of imidazole rings is 1. The Balaban J connectivity index is 1.22. The SMILES string of the molecule is CCc1cc(Nc2nccn3c(-c4ccc(Oc5ncccn5)c(F)c4F)cnc23)ccc1C(=O)NCCNC(=O)C(N)CCCNC(=N)N. The van der Waals surface area contributed by atoms with Gasteiger partial charge in [0.15, 0.2) is 29.0 Å². The lowest BCUT2D eigenvalue weighted by Crippen LogP contribution is -2.44. The van der Waals surface area contributed by atoms with E-state index in [9.17, 15) is 9.59 Å². The third-order valence-corrected chi connectivity index (χ3v) is 7.54. The third kappa shape index (κ3) is 8.43. The third-order valence-electron chi connectivity index (χ3n) is 7.54. The van der Waals surface area contributed by atoms with Crippen molar-refractivity contribution in [2.75, 3.05) is 25.0 Å². The van der Waals surface area contributed by atoms with E-state index in [-0.39, 0.29) is 53.9 Å². The van der Waals surface area contributed by atoms with E-state index in [2.05, 4.69) is 41.2 Å².